The molecule has 0 saturated carbocycles. The molecular weight excluding hydrogens is 390 g/mol. The van der Waals surface area contributed by atoms with Crippen LogP contribution in [-0.2, 0) is 11.8 Å². The third-order valence-electron chi connectivity index (χ3n) is 5.77. The minimum atomic E-state index is -0.519. The molecule has 1 fully saturated rings. The van der Waals surface area contributed by atoms with Gasteiger partial charge in [0.1, 0.15) is 24.2 Å². The Hall–Kier alpha value is -2.15. The standard InChI is InChI=1S/C25H37N3O3/c1-25(2,3)23-17-22(30-4)8-9-24(23)31-19-21(29)18-28-15-13-27(14-16-28)12-10-20-7-5-6-11-26-20/h5-9,11,17,21,29H,10,12-16,18-19H2,1-4H3/t21-/m0/s1. The molecule has 1 atom stereocenters. The van der Waals surface area contributed by atoms with Crippen molar-refractivity contribution in [3.63, 3.8) is 0 Å². The van der Waals surface area contributed by atoms with Crippen LogP contribution in [0.15, 0.2) is 42.6 Å². The van der Waals surface area contributed by atoms with E-state index in [2.05, 4.69) is 41.6 Å². The fourth-order valence-electron chi connectivity index (χ4n) is 3.90. The molecule has 1 aliphatic rings. The molecule has 1 N–H and O–H groups in total. The summed E-state index contributed by atoms with van der Waals surface area (Å²) < 4.78 is 11.4. The first-order chi connectivity index (χ1) is 14.8. The molecule has 0 amide bonds. The molecular formula is C25H37N3O3. The van der Waals surface area contributed by atoms with Gasteiger partial charge in [-0.15, -0.1) is 0 Å². The molecule has 6 nitrogen and oxygen atoms in total. The first kappa shape index (κ1) is 23.5. The van der Waals surface area contributed by atoms with Crippen molar-refractivity contribution in [2.24, 2.45) is 0 Å². The van der Waals surface area contributed by atoms with Crippen molar-refractivity contribution in [1.82, 2.24) is 14.8 Å². The summed E-state index contributed by atoms with van der Waals surface area (Å²) in [5.74, 6) is 1.63. The van der Waals surface area contributed by atoms with E-state index in [1.165, 1.54) is 0 Å². The average molecular weight is 428 g/mol. The van der Waals surface area contributed by atoms with Crippen LogP contribution in [-0.4, -0.2) is 79.0 Å². The lowest BCUT2D eigenvalue weighted by atomic mass is 9.86. The van der Waals surface area contributed by atoms with E-state index < -0.39 is 6.10 Å². The molecule has 31 heavy (non-hydrogen) atoms. The minimum Gasteiger partial charge on any atom is -0.497 e. The molecule has 1 saturated heterocycles. The third kappa shape index (κ3) is 7.20. The van der Waals surface area contributed by atoms with Gasteiger partial charge in [-0.05, 0) is 35.7 Å². The Kier molecular flexibility index (Phi) is 8.29. The Balaban J connectivity index is 1.42. The molecule has 6 heteroatoms. The number of hydrogen-bond acceptors (Lipinski definition) is 6. The second-order valence-electron chi connectivity index (χ2n) is 9.29. The van der Waals surface area contributed by atoms with Crippen molar-refractivity contribution < 1.29 is 14.6 Å². The monoisotopic (exact) mass is 427 g/mol. The van der Waals surface area contributed by atoms with Crippen molar-refractivity contribution in [3.8, 4) is 11.5 Å². The summed E-state index contributed by atoms with van der Waals surface area (Å²) >= 11 is 0. The normalized spacial score (nSPS) is 16.8. The van der Waals surface area contributed by atoms with Gasteiger partial charge in [-0.25, -0.2) is 0 Å². The maximum Gasteiger partial charge on any atom is 0.123 e. The van der Waals surface area contributed by atoms with Gasteiger partial charge in [0.05, 0.1) is 7.11 Å². The van der Waals surface area contributed by atoms with Crippen LogP contribution in [0.25, 0.3) is 0 Å². The van der Waals surface area contributed by atoms with Crippen molar-refractivity contribution >= 4 is 0 Å². The number of aromatic nitrogens is 1. The smallest absolute Gasteiger partial charge is 0.123 e. The Bertz CT molecular complexity index is 799. The van der Waals surface area contributed by atoms with Gasteiger partial charge in [0.15, 0.2) is 0 Å². The van der Waals surface area contributed by atoms with Gasteiger partial charge in [-0.3, -0.25) is 9.88 Å². The van der Waals surface area contributed by atoms with E-state index in [9.17, 15) is 5.11 Å². The molecule has 0 unspecified atom stereocenters. The molecule has 2 heterocycles. The Morgan fingerprint density at radius 2 is 1.81 bits per heavy atom. The molecule has 3 rings (SSSR count). The summed E-state index contributed by atoms with van der Waals surface area (Å²) in [6, 6.07) is 11.9. The van der Waals surface area contributed by atoms with Crippen LogP contribution in [0.4, 0.5) is 0 Å². The van der Waals surface area contributed by atoms with Crippen molar-refractivity contribution in [2.45, 2.75) is 38.7 Å². The van der Waals surface area contributed by atoms with Crippen LogP contribution in [0.5, 0.6) is 11.5 Å². The van der Waals surface area contributed by atoms with E-state index in [1.54, 1.807) is 7.11 Å². The fourth-order valence-corrected chi connectivity index (χ4v) is 3.90. The summed E-state index contributed by atoms with van der Waals surface area (Å²) in [6.45, 7) is 12.4. The number of benzene rings is 1. The lowest BCUT2D eigenvalue weighted by Crippen LogP contribution is -2.49. The van der Waals surface area contributed by atoms with Crippen LogP contribution < -0.4 is 9.47 Å². The predicted octanol–water partition coefficient (Wildman–Crippen LogP) is 2.99. The van der Waals surface area contributed by atoms with Gasteiger partial charge in [-0.2, -0.15) is 0 Å². The maximum atomic E-state index is 10.6. The first-order valence-electron chi connectivity index (χ1n) is 11.2. The van der Waals surface area contributed by atoms with E-state index in [4.69, 9.17) is 9.47 Å². The number of ether oxygens (including phenoxy) is 2. The number of aliphatic hydroxyl groups excluding tert-OH is 1. The average Bonchev–Trinajstić information content (AvgIpc) is 2.77. The molecule has 1 aromatic carbocycles. The van der Waals surface area contributed by atoms with Crippen molar-refractivity contribution in [1.29, 1.82) is 0 Å². The second-order valence-corrected chi connectivity index (χ2v) is 9.29. The Morgan fingerprint density at radius 1 is 1.06 bits per heavy atom. The fraction of sp³-hybridized carbons (Fsp3) is 0.560. The van der Waals surface area contributed by atoms with E-state index in [0.717, 1.165) is 61.9 Å². The second kappa shape index (κ2) is 10.9. The van der Waals surface area contributed by atoms with Gasteiger partial charge in [-0.1, -0.05) is 26.8 Å². The molecule has 0 spiro atoms. The third-order valence-corrected chi connectivity index (χ3v) is 5.77. The first-order valence-corrected chi connectivity index (χ1v) is 11.2. The summed E-state index contributed by atoms with van der Waals surface area (Å²) in [4.78, 5) is 9.20. The van der Waals surface area contributed by atoms with Crippen molar-refractivity contribution in [3.05, 3.63) is 53.9 Å². The van der Waals surface area contributed by atoms with Gasteiger partial charge in [0.25, 0.3) is 0 Å². The topological polar surface area (TPSA) is 58.1 Å². The highest BCUT2D eigenvalue weighted by Gasteiger charge is 2.22. The van der Waals surface area contributed by atoms with Gasteiger partial charge < -0.3 is 19.5 Å². The zero-order valence-electron chi connectivity index (χ0n) is 19.4. The summed E-state index contributed by atoms with van der Waals surface area (Å²) in [7, 11) is 1.67. The molecule has 1 aromatic heterocycles. The Labute approximate surface area is 186 Å². The summed E-state index contributed by atoms with van der Waals surface area (Å²) in [5, 5.41) is 10.6. The zero-order valence-corrected chi connectivity index (χ0v) is 19.4. The van der Waals surface area contributed by atoms with Crippen LogP contribution in [0.3, 0.4) is 0 Å². The van der Waals surface area contributed by atoms with E-state index in [1.807, 2.05) is 36.5 Å². The number of piperazine rings is 1. The Morgan fingerprint density at radius 3 is 2.45 bits per heavy atom. The van der Waals surface area contributed by atoms with Crippen molar-refractivity contribution in [2.75, 3.05) is 53.0 Å². The molecule has 170 valence electrons. The number of methoxy groups -OCH3 is 1. The lowest BCUT2D eigenvalue weighted by Gasteiger charge is -2.35. The largest absolute Gasteiger partial charge is 0.497 e. The molecule has 0 bridgehead atoms. The SMILES string of the molecule is COc1ccc(OC[C@@H](O)CN2CCN(CCc3ccccn3)CC2)c(C(C)(C)C)c1. The maximum absolute atomic E-state index is 10.6. The van der Waals surface area contributed by atoms with Crippen LogP contribution in [0, 0.1) is 0 Å². The number of hydrogen-bond donors (Lipinski definition) is 1. The quantitative estimate of drug-likeness (QED) is 0.664. The number of nitrogens with zero attached hydrogens (tertiary/aromatic N) is 3. The minimum absolute atomic E-state index is 0.0690. The molecule has 0 aliphatic carbocycles. The van der Waals surface area contributed by atoms with E-state index in [0.29, 0.717) is 6.54 Å². The molecule has 2 aromatic rings. The van der Waals surface area contributed by atoms with E-state index in [-0.39, 0.29) is 12.0 Å². The highest BCUT2D eigenvalue weighted by molar-refractivity contribution is 5.44. The lowest BCUT2D eigenvalue weighted by molar-refractivity contribution is 0.0458. The number of pyridine rings is 1. The highest BCUT2D eigenvalue weighted by Crippen LogP contribution is 2.34. The van der Waals surface area contributed by atoms with Crippen LogP contribution >= 0.6 is 0 Å². The van der Waals surface area contributed by atoms with Gasteiger partial charge >= 0.3 is 0 Å². The number of rotatable bonds is 9. The number of β-amino-alcohol motifs (C(OH)–C–C–N with tert-alkyl or cyclic N) is 1. The summed E-state index contributed by atoms with van der Waals surface area (Å²) in [5.41, 5.74) is 2.16. The molecule has 0 radical (unpaired) electrons. The van der Waals surface area contributed by atoms with Gasteiger partial charge in [0, 0.05) is 63.1 Å². The highest BCUT2D eigenvalue weighted by atomic mass is 16.5. The van der Waals surface area contributed by atoms with E-state index >= 15 is 0 Å². The van der Waals surface area contributed by atoms with Crippen LogP contribution in [0.2, 0.25) is 0 Å². The van der Waals surface area contributed by atoms with Gasteiger partial charge in [0.2, 0.25) is 0 Å². The predicted molar refractivity (Wildman–Crippen MR) is 124 cm³/mol. The zero-order chi connectivity index (χ0) is 22.3. The number of aliphatic hydroxyl groups is 1. The summed E-state index contributed by atoms with van der Waals surface area (Å²) in [6.07, 6.45) is 2.32. The van der Waals surface area contributed by atoms with Crippen LogP contribution in [0.1, 0.15) is 32.0 Å². The molecule has 1 aliphatic heterocycles.